The maximum Gasteiger partial charge on any atom is 0.362 e. The van der Waals surface area contributed by atoms with Crippen molar-refractivity contribution < 1.29 is 14.6 Å². The lowest BCUT2D eigenvalue weighted by molar-refractivity contribution is -0.138. The van der Waals surface area contributed by atoms with Gasteiger partial charge in [-0.2, -0.15) is 0 Å². The molecule has 1 heterocycles. The molecule has 0 spiro atoms. The second-order valence-corrected chi connectivity index (χ2v) is 6.39. The summed E-state index contributed by atoms with van der Waals surface area (Å²) in [5, 5.41) is 18.5. The summed E-state index contributed by atoms with van der Waals surface area (Å²) in [6.07, 6.45) is 0. The van der Waals surface area contributed by atoms with E-state index in [-0.39, 0.29) is 23.8 Å². The number of carbonyl (C=O) groups excluding carboxylic acids is 1. The van der Waals surface area contributed by atoms with Crippen LogP contribution >= 0.6 is 0 Å². The number of aromatic nitrogens is 2. The Kier molecular flexibility index (Phi) is 6.26. The van der Waals surface area contributed by atoms with Gasteiger partial charge in [-0.05, 0) is 26.0 Å². The first-order chi connectivity index (χ1) is 14.5. The molecule has 0 aliphatic rings. The minimum Gasteiger partial charge on any atom is -0.505 e. The third kappa shape index (κ3) is 4.07. The predicted octanol–water partition coefficient (Wildman–Crippen LogP) is 4.06. The fourth-order valence-corrected chi connectivity index (χ4v) is 2.89. The van der Waals surface area contributed by atoms with E-state index in [1.54, 1.807) is 68.0 Å². The maximum absolute atomic E-state index is 13.0. The second-order valence-electron chi connectivity index (χ2n) is 6.39. The van der Waals surface area contributed by atoms with E-state index in [4.69, 9.17) is 4.74 Å². The van der Waals surface area contributed by atoms with Gasteiger partial charge in [-0.1, -0.05) is 48.5 Å². The Morgan fingerprint density at radius 3 is 2.27 bits per heavy atom. The van der Waals surface area contributed by atoms with Gasteiger partial charge in [0.2, 0.25) is 5.70 Å². The van der Waals surface area contributed by atoms with Crippen molar-refractivity contribution in [2.24, 2.45) is 17.3 Å². The Morgan fingerprint density at radius 2 is 1.67 bits per heavy atom. The SMILES string of the molecule is CCOC(=O)/C(N=Nc1c(C)n(C)n(-c2ccccc2)c1=O)=C(/O)c1ccccc1. The summed E-state index contributed by atoms with van der Waals surface area (Å²) in [7, 11) is 1.73. The average Bonchev–Trinajstić information content (AvgIpc) is 2.98. The minimum atomic E-state index is -0.834. The highest BCUT2D eigenvalue weighted by Crippen LogP contribution is 2.22. The van der Waals surface area contributed by atoms with Crippen LogP contribution in [0.2, 0.25) is 0 Å². The smallest absolute Gasteiger partial charge is 0.362 e. The van der Waals surface area contributed by atoms with Crippen molar-refractivity contribution in [1.29, 1.82) is 0 Å². The number of para-hydroxylation sites is 1. The summed E-state index contributed by atoms with van der Waals surface area (Å²) >= 11 is 0. The van der Waals surface area contributed by atoms with Crippen LogP contribution in [0.1, 0.15) is 18.2 Å². The van der Waals surface area contributed by atoms with E-state index < -0.39 is 11.5 Å². The number of rotatable bonds is 6. The molecule has 2 aromatic carbocycles. The summed E-state index contributed by atoms with van der Waals surface area (Å²) in [6.45, 7) is 3.47. The molecule has 0 aliphatic heterocycles. The van der Waals surface area contributed by atoms with Crippen molar-refractivity contribution >= 4 is 17.4 Å². The summed E-state index contributed by atoms with van der Waals surface area (Å²) in [5.74, 6) is -1.21. The highest BCUT2D eigenvalue weighted by molar-refractivity contribution is 5.95. The van der Waals surface area contributed by atoms with Crippen molar-refractivity contribution in [3.05, 3.63) is 88.0 Å². The van der Waals surface area contributed by atoms with Gasteiger partial charge in [0.15, 0.2) is 11.4 Å². The zero-order chi connectivity index (χ0) is 21.7. The molecule has 8 heteroatoms. The lowest BCUT2D eigenvalue weighted by Crippen LogP contribution is -2.19. The molecule has 3 aromatic rings. The first-order valence-corrected chi connectivity index (χ1v) is 9.37. The molecule has 8 nitrogen and oxygen atoms in total. The third-order valence-corrected chi connectivity index (χ3v) is 4.51. The quantitative estimate of drug-likeness (QED) is 0.289. The van der Waals surface area contributed by atoms with Crippen LogP contribution in [-0.4, -0.2) is 27.0 Å². The molecule has 3 rings (SSSR count). The maximum atomic E-state index is 13.0. The van der Waals surface area contributed by atoms with Crippen molar-refractivity contribution in [2.45, 2.75) is 13.8 Å². The lowest BCUT2D eigenvalue weighted by atomic mass is 10.1. The predicted molar refractivity (Wildman–Crippen MR) is 113 cm³/mol. The number of aliphatic hydroxyl groups is 1. The van der Waals surface area contributed by atoms with Crippen LogP contribution < -0.4 is 5.56 Å². The molecule has 0 amide bonds. The minimum absolute atomic E-state index is 0.0593. The van der Waals surface area contributed by atoms with Crippen LogP contribution in [0.25, 0.3) is 11.4 Å². The van der Waals surface area contributed by atoms with E-state index in [0.29, 0.717) is 16.9 Å². The molecule has 0 saturated heterocycles. The highest BCUT2D eigenvalue weighted by Gasteiger charge is 2.20. The van der Waals surface area contributed by atoms with Crippen LogP contribution in [0.4, 0.5) is 5.69 Å². The van der Waals surface area contributed by atoms with E-state index in [1.807, 2.05) is 18.2 Å². The molecule has 30 heavy (non-hydrogen) atoms. The Morgan fingerprint density at radius 1 is 1.07 bits per heavy atom. The molecule has 0 fully saturated rings. The Hall–Kier alpha value is -3.94. The van der Waals surface area contributed by atoms with E-state index in [0.717, 1.165) is 0 Å². The monoisotopic (exact) mass is 406 g/mol. The average molecular weight is 406 g/mol. The molecule has 154 valence electrons. The number of ether oxygens (including phenoxy) is 1. The Balaban J connectivity index is 2.10. The van der Waals surface area contributed by atoms with Crippen molar-refractivity contribution in [3.8, 4) is 5.69 Å². The standard InChI is InChI=1S/C22H22N4O4/c1-4-30-22(29)19(20(27)16-11-7-5-8-12-16)24-23-18-15(2)25(3)26(21(18)28)17-13-9-6-10-14-17/h5-14,27H,4H2,1-3H3/b20-19-,24-23?. The van der Waals surface area contributed by atoms with E-state index in [1.165, 1.54) is 4.68 Å². The summed E-state index contributed by atoms with van der Waals surface area (Å²) < 4.78 is 8.10. The van der Waals surface area contributed by atoms with Crippen molar-refractivity contribution in [2.75, 3.05) is 6.61 Å². The normalized spacial score (nSPS) is 12.1. The summed E-state index contributed by atoms with van der Waals surface area (Å²) in [4.78, 5) is 25.3. The van der Waals surface area contributed by atoms with Crippen LogP contribution in [0.5, 0.6) is 0 Å². The number of hydrogen-bond acceptors (Lipinski definition) is 6. The molecule has 0 atom stereocenters. The van der Waals surface area contributed by atoms with Gasteiger partial charge in [-0.25, -0.2) is 9.48 Å². The van der Waals surface area contributed by atoms with Crippen LogP contribution in [0, 0.1) is 6.92 Å². The largest absolute Gasteiger partial charge is 0.505 e. The molecule has 0 radical (unpaired) electrons. The van der Waals surface area contributed by atoms with E-state index >= 15 is 0 Å². The molecular weight excluding hydrogens is 384 g/mol. The Bertz CT molecular complexity index is 1160. The first-order valence-electron chi connectivity index (χ1n) is 9.37. The van der Waals surface area contributed by atoms with Crippen LogP contribution in [-0.2, 0) is 16.6 Å². The Labute approximate surface area is 173 Å². The number of hydrogen-bond donors (Lipinski definition) is 1. The topological polar surface area (TPSA) is 98.2 Å². The zero-order valence-electron chi connectivity index (χ0n) is 16.9. The number of benzene rings is 2. The fourth-order valence-electron chi connectivity index (χ4n) is 2.89. The van der Waals surface area contributed by atoms with Gasteiger partial charge in [-0.3, -0.25) is 9.48 Å². The molecule has 0 aliphatic carbocycles. The highest BCUT2D eigenvalue weighted by atomic mass is 16.5. The molecule has 0 unspecified atom stereocenters. The number of nitrogens with zero attached hydrogens (tertiary/aromatic N) is 4. The zero-order valence-corrected chi connectivity index (χ0v) is 16.9. The second kappa shape index (κ2) is 9.04. The summed E-state index contributed by atoms with van der Waals surface area (Å²) in [5.41, 5.74) is 0.886. The number of esters is 1. The van der Waals surface area contributed by atoms with Gasteiger partial charge in [0.25, 0.3) is 5.56 Å². The number of aliphatic hydroxyl groups excluding tert-OH is 1. The van der Waals surface area contributed by atoms with Crippen molar-refractivity contribution in [1.82, 2.24) is 9.36 Å². The first kappa shape index (κ1) is 20.8. The molecule has 1 N–H and O–H groups in total. The van der Waals surface area contributed by atoms with E-state index in [2.05, 4.69) is 10.2 Å². The van der Waals surface area contributed by atoms with Crippen LogP contribution in [0.3, 0.4) is 0 Å². The van der Waals surface area contributed by atoms with Gasteiger partial charge < -0.3 is 9.84 Å². The number of azo groups is 1. The summed E-state index contributed by atoms with van der Waals surface area (Å²) in [6, 6.07) is 17.6. The van der Waals surface area contributed by atoms with Crippen LogP contribution in [0.15, 0.2) is 81.4 Å². The van der Waals surface area contributed by atoms with Gasteiger partial charge in [0.1, 0.15) is 0 Å². The lowest BCUT2D eigenvalue weighted by Gasteiger charge is -2.07. The van der Waals surface area contributed by atoms with Crippen molar-refractivity contribution in [3.63, 3.8) is 0 Å². The number of carbonyl (C=O) groups is 1. The fraction of sp³-hybridized carbons (Fsp3) is 0.182. The molecular formula is C22H22N4O4. The van der Waals surface area contributed by atoms with Gasteiger partial charge in [0.05, 0.1) is 18.0 Å². The van der Waals surface area contributed by atoms with Gasteiger partial charge in [0, 0.05) is 12.6 Å². The van der Waals surface area contributed by atoms with E-state index in [9.17, 15) is 14.7 Å². The van der Waals surface area contributed by atoms with Gasteiger partial charge in [-0.15, -0.1) is 10.2 Å². The molecule has 0 saturated carbocycles. The van der Waals surface area contributed by atoms with Gasteiger partial charge >= 0.3 is 5.97 Å². The molecule has 0 bridgehead atoms. The third-order valence-electron chi connectivity index (χ3n) is 4.51. The molecule has 1 aromatic heterocycles.